The zero-order valence-corrected chi connectivity index (χ0v) is 11.6. The molecule has 7 nitrogen and oxygen atoms in total. The minimum Gasteiger partial charge on any atom is -0.480 e. The fourth-order valence-corrected chi connectivity index (χ4v) is 3.79. The molecule has 1 fully saturated rings. The average molecular weight is 299 g/mol. The first-order valence-corrected chi connectivity index (χ1v) is 9.21. The second-order valence-corrected chi connectivity index (χ2v) is 8.71. The van der Waals surface area contributed by atoms with Gasteiger partial charge in [0.05, 0.1) is 11.5 Å². The molecule has 18 heavy (non-hydrogen) atoms. The van der Waals surface area contributed by atoms with Gasteiger partial charge >= 0.3 is 5.97 Å². The van der Waals surface area contributed by atoms with Crippen LogP contribution in [0.1, 0.15) is 19.3 Å². The number of sulfone groups is 1. The predicted octanol–water partition coefficient (Wildman–Crippen LogP) is -0.796. The van der Waals surface area contributed by atoms with E-state index >= 15 is 0 Å². The van der Waals surface area contributed by atoms with Gasteiger partial charge in [-0.15, -0.1) is 0 Å². The SMILES string of the molecule is CS(=O)(=O)CCC(NS(=O)(=O)CC1CC1)C(=O)O. The van der Waals surface area contributed by atoms with Crippen LogP contribution in [-0.4, -0.2) is 51.7 Å². The van der Waals surface area contributed by atoms with Crippen molar-refractivity contribution in [1.82, 2.24) is 4.72 Å². The molecule has 0 amide bonds. The summed E-state index contributed by atoms with van der Waals surface area (Å²) in [5.74, 6) is -1.71. The van der Waals surface area contributed by atoms with Gasteiger partial charge in [0.1, 0.15) is 15.9 Å². The fourth-order valence-electron chi connectivity index (χ4n) is 1.42. The van der Waals surface area contributed by atoms with Gasteiger partial charge in [0.25, 0.3) is 0 Å². The summed E-state index contributed by atoms with van der Waals surface area (Å²) in [7, 11) is -6.97. The van der Waals surface area contributed by atoms with E-state index in [-0.39, 0.29) is 23.8 Å². The standard InChI is InChI=1S/C9H17NO6S2/c1-17(13,14)5-4-8(9(11)12)10-18(15,16)6-7-2-3-7/h7-8,10H,2-6H2,1H3,(H,11,12). The number of carboxylic acid groups (broad SMARTS) is 1. The molecular formula is C9H17NO6S2. The molecule has 0 spiro atoms. The van der Waals surface area contributed by atoms with Gasteiger partial charge in [0.15, 0.2) is 0 Å². The first-order chi connectivity index (χ1) is 8.09. The van der Waals surface area contributed by atoms with Gasteiger partial charge in [-0.25, -0.2) is 21.6 Å². The third-order valence-electron chi connectivity index (χ3n) is 2.55. The molecule has 0 aromatic heterocycles. The molecule has 2 N–H and O–H groups in total. The summed E-state index contributed by atoms with van der Waals surface area (Å²) in [6.07, 6.45) is 2.38. The van der Waals surface area contributed by atoms with E-state index < -0.39 is 31.9 Å². The smallest absolute Gasteiger partial charge is 0.321 e. The second-order valence-electron chi connectivity index (χ2n) is 4.65. The Morgan fingerprint density at radius 2 is 1.89 bits per heavy atom. The van der Waals surface area contributed by atoms with Crippen LogP contribution < -0.4 is 4.72 Å². The maximum Gasteiger partial charge on any atom is 0.321 e. The average Bonchev–Trinajstić information content (AvgIpc) is 2.93. The van der Waals surface area contributed by atoms with E-state index in [4.69, 9.17) is 5.11 Å². The highest BCUT2D eigenvalue weighted by atomic mass is 32.2. The van der Waals surface area contributed by atoms with Gasteiger partial charge in [-0.1, -0.05) is 0 Å². The molecule has 1 saturated carbocycles. The van der Waals surface area contributed by atoms with Crippen molar-refractivity contribution in [2.75, 3.05) is 17.8 Å². The Morgan fingerprint density at radius 3 is 2.28 bits per heavy atom. The van der Waals surface area contributed by atoms with Crippen LogP contribution in [0.25, 0.3) is 0 Å². The van der Waals surface area contributed by atoms with Gasteiger partial charge in [-0.3, -0.25) is 4.79 Å². The van der Waals surface area contributed by atoms with E-state index in [1.54, 1.807) is 0 Å². The third-order valence-corrected chi connectivity index (χ3v) is 5.08. The molecule has 0 bridgehead atoms. The lowest BCUT2D eigenvalue weighted by Gasteiger charge is -2.14. The molecule has 1 unspecified atom stereocenters. The van der Waals surface area contributed by atoms with Gasteiger partial charge in [-0.05, 0) is 25.2 Å². The van der Waals surface area contributed by atoms with Crippen LogP contribution in [0.2, 0.25) is 0 Å². The quantitative estimate of drug-likeness (QED) is 0.606. The summed E-state index contributed by atoms with van der Waals surface area (Å²) < 4.78 is 47.1. The number of carbonyl (C=O) groups is 1. The number of sulfonamides is 1. The number of carboxylic acids is 1. The monoisotopic (exact) mass is 299 g/mol. The van der Waals surface area contributed by atoms with Crippen LogP contribution in [0.4, 0.5) is 0 Å². The maximum absolute atomic E-state index is 11.6. The van der Waals surface area contributed by atoms with E-state index in [0.29, 0.717) is 0 Å². The summed E-state index contributed by atoms with van der Waals surface area (Å²) in [4.78, 5) is 10.9. The Kier molecular flexibility index (Phi) is 4.73. The van der Waals surface area contributed by atoms with Crippen LogP contribution in [0.5, 0.6) is 0 Å². The Balaban J connectivity index is 2.59. The molecule has 106 valence electrons. The van der Waals surface area contributed by atoms with Gasteiger partial charge in [0.2, 0.25) is 10.0 Å². The molecule has 0 saturated heterocycles. The molecule has 0 aromatic rings. The molecule has 1 atom stereocenters. The van der Waals surface area contributed by atoms with Crippen molar-refractivity contribution in [3.8, 4) is 0 Å². The predicted molar refractivity (Wildman–Crippen MR) is 65.4 cm³/mol. The molecule has 1 rings (SSSR count). The Morgan fingerprint density at radius 1 is 1.33 bits per heavy atom. The first kappa shape index (κ1) is 15.4. The van der Waals surface area contributed by atoms with Crippen LogP contribution in [-0.2, 0) is 24.7 Å². The maximum atomic E-state index is 11.6. The van der Waals surface area contributed by atoms with Gasteiger partial charge in [0, 0.05) is 6.26 Å². The number of aliphatic carboxylic acids is 1. The Labute approximate surface area is 107 Å². The van der Waals surface area contributed by atoms with E-state index in [2.05, 4.69) is 0 Å². The summed E-state index contributed by atoms with van der Waals surface area (Å²) >= 11 is 0. The van der Waals surface area contributed by atoms with Crippen molar-refractivity contribution in [2.45, 2.75) is 25.3 Å². The summed E-state index contributed by atoms with van der Waals surface area (Å²) in [5, 5.41) is 8.86. The van der Waals surface area contributed by atoms with Crippen molar-refractivity contribution >= 4 is 25.8 Å². The van der Waals surface area contributed by atoms with E-state index in [1.165, 1.54) is 0 Å². The minimum absolute atomic E-state index is 0.0876. The lowest BCUT2D eigenvalue weighted by atomic mass is 10.2. The Bertz CT molecular complexity index is 505. The van der Waals surface area contributed by atoms with Crippen LogP contribution in [0, 0.1) is 5.92 Å². The largest absolute Gasteiger partial charge is 0.480 e. The lowest BCUT2D eigenvalue weighted by molar-refractivity contribution is -0.139. The van der Waals surface area contributed by atoms with E-state index in [9.17, 15) is 21.6 Å². The zero-order valence-electron chi connectivity index (χ0n) is 10.00. The summed E-state index contributed by atoms with van der Waals surface area (Å²) in [5.41, 5.74) is 0. The van der Waals surface area contributed by atoms with Crippen LogP contribution in [0.15, 0.2) is 0 Å². The van der Waals surface area contributed by atoms with Gasteiger partial charge < -0.3 is 5.11 Å². The molecular weight excluding hydrogens is 282 g/mol. The highest BCUT2D eigenvalue weighted by molar-refractivity contribution is 7.90. The topological polar surface area (TPSA) is 118 Å². The highest BCUT2D eigenvalue weighted by Crippen LogP contribution is 2.30. The Hall–Kier alpha value is -0.670. The molecule has 0 heterocycles. The molecule has 1 aliphatic rings. The first-order valence-electron chi connectivity index (χ1n) is 5.49. The minimum atomic E-state index is -3.66. The summed E-state index contributed by atoms with van der Waals surface area (Å²) in [6, 6.07) is -1.39. The number of hydrogen-bond acceptors (Lipinski definition) is 5. The molecule has 9 heteroatoms. The molecule has 1 aliphatic carbocycles. The normalized spacial score (nSPS) is 18.5. The molecule has 0 aromatic carbocycles. The van der Waals surface area contributed by atoms with Crippen LogP contribution >= 0.6 is 0 Å². The van der Waals surface area contributed by atoms with Gasteiger partial charge in [-0.2, -0.15) is 0 Å². The lowest BCUT2D eigenvalue weighted by Crippen LogP contribution is -2.43. The van der Waals surface area contributed by atoms with Crippen molar-refractivity contribution in [3.05, 3.63) is 0 Å². The molecule has 0 aliphatic heterocycles. The number of nitrogens with one attached hydrogen (secondary N) is 1. The number of rotatable bonds is 8. The van der Waals surface area contributed by atoms with Crippen molar-refractivity contribution < 1.29 is 26.7 Å². The fraction of sp³-hybridized carbons (Fsp3) is 0.889. The van der Waals surface area contributed by atoms with Crippen LogP contribution in [0.3, 0.4) is 0 Å². The number of hydrogen-bond donors (Lipinski definition) is 2. The molecule has 0 radical (unpaired) electrons. The highest BCUT2D eigenvalue weighted by Gasteiger charge is 2.31. The zero-order chi connectivity index (χ0) is 14.0. The van der Waals surface area contributed by atoms with E-state index in [1.807, 2.05) is 4.72 Å². The van der Waals surface area contributed by atoms with Crippen molar-refractivity contribution in [2.24, 2.45) is 5.92 Å². The van der Waals surface area contributed by atoms with E-state index in [0.717, 1.165) is 19.1 Å². The van der Waals surface area contributed by atoms with Crippen molar-refractivity contribution in [3.63, 3.8) is 0 Å². The van der Waals surface area contributed by atoms with Crippen molar-refractivity contribution in [1.29, 1.82) is 0 Å². The third kappa shape index (κ3) is 6.31. The summed E-state index contributed by atoms with van der Waals surface area (Å²) in [6.45, 7) is 0. The second kappa shape index (κ2) is 5.54.